The smallest absolute Gasteiger partial charge is 0.273 e. The van der Waals surface area contributed by atoms with Crippen molar-refractivity contribution in [2.24, 2.45) is 0 Å². The highest BCUT2D eigenvalue weighted by Gasteiger charge is 2.14. The number of amides is 1. The van der Waals surface area contributed by atoms with E-state index < -0.39 is 0 Å². The number of aromatic nitrogens is 2. The number of para-hydroxylation sites is 1. The Morgan fingerprint density at radius 1 is 1.18 bits per heavy atom. The van der Waals surface area contributed by atoms with Gasteiger partial charge in [0, 0.05) is 11.9 Å². The van der Waals surface area contributed by atoms with Gasteiger partial charge in [-0.3, -0.25) is 9.78 Å². The van der Waals surface area contributed by atoms with Gasteiger partial charge < -0.3 is 15.5 Å². The molecule has 3 N–H and O–H groups in total. The van der Waals surface area contributed by atoms with E-state index in [2.05, 4.69) is 15.3 Å². The molecule has 2 aromatic heterocycles. The summed E-state index contributed by atoms with van der Waals surface area (Å²) in [6, 6.07) is 12.7. The van der Waals surface area contributed by atoms with Crippen LogP contribution in [0, 0.1) is 0 Å². The van der Waals surface area contributed by atoms with Crippen LogP contribution < -0.4 is 11.1 Å². The highest BCUT2D eigenvalue weighted by Crippen LogP contribution is 2.24. The summed E-state index contributed by atoms with van der Waals surface area (Å²) in [6.07, 6.45) is 2.99. The van der Waals surface area contributed by atoms with Gasteiger partial charge in [0.25, 0.3) is 5.91 Å². The third-order valence-corrected chi connectivity index (χ3v) is 3.08. The maximum atomic E-state index is 12.1. The topological polar surface area (TPSA) is 94.0 Å². The number of rotatable bonds is 4. The lowest BCUT2D eigenvalue weighted by atomic mass is 10.2. The lowest BCUT2D eigenvalue weighted by Crippen LogP contribution is -2.23. The molecule has 0 aliphatic rings. The van der Waals surface area contributed by atoms with E-state index in [1.165, 1.54) is 6.26 Å². The van der Waals surface area contributed by atoms with Crippen LogP contribution in [0.5, 0.6) is 0 Å². The number of anilines is 1. The van der Waals surface area contributed by atoms with E-state index in [9.17, 15) is 4.79 Å². The minimum atomic E-state index is -0.324. The lowest BCUT2D eigenvalue weighted by molar-refractivity contribution is 0.0945. The van der Waals surface area contributed by atoms with Crippen LogP contribution in [0.2, 0.25) is 0 Å². The summed E-state index contributed by atoms with van der Waals surface area (Å²) >= 11 is 0. The van der Waals surface area contributed by atoms with E-state index in [1.807, 2.05) is 30.3 Å². The van der Waals surface area contributed by atoms with Gasteiger partial charge >= 0.3 is 0 Å². The molecule has 0 fully saturated rings. The molecule has 1 amide bonds. The van der Waals surface area contributed by atoms with Crippen LogP contribution in [0.4, 0.5) is 5.69 Å². The second-order valence-electron chi connectivity index (χ2n) is 4.63. The molecule has 6 heteroatoms. The van der Waals surface area contributed by atoms with Gasteiger partial charge in [-0.25, -0.2) is 4.98 Å². The third kappa shape index (κ3) is 2.95. The average Bonchev–Trinajstić information content (AvgIpc) is 3.04. The number of carbonyl (C=O) groups is 1. The van der Waals surface area contributed by atoms with Gasteiger partial charge in [-0.2, -0.15) is 0 Å². The Bertz CT molecular complexity index is 784. The molecule has 0 saturated carbocycles. The van der Waals surface area contributed by atoms with E-state index in [0.717, 1.165) is 5.69 Å². The maximum absolute atomic E-state index is 12.1. The summed E-state index contributed by atoms with van der Waals surface area (Å²) < 4.78 is 5.34. The molecule has 2 heterocycles. The van der Waals surface area contributed by atoms with Crippen LogP contribution >= 0.6 is 0 Å². The molecule has 0 saturated heterocycles. The molecule has 0 unspecified atom stereocenters. The molecular formula is C16H14N4O2. The van der Waals surface area contributed by atoms with Crippen LogP contribution in [0.25, 0.3) is 11.5 Å². The van der Waals surface area contributed by atoms with Crippen LogP contribution in [-0.2, 0) is 6.54 Å². The molecule has 0 radical (unpaired) electrons. The molecular weight excluding hydrogens is 280 g/mol. The predicted octanol–water partition coefficient (Wildman–Crippen LogP) is 2.25. The fraction of sp³-hybridized carbons (Fsp3) is 0.0625. The normalized spacial score (nSPS) is 10.4. The molecule has 0 spiro atoms. The molecule has 3 rings (SSSR count). The number of nitrogen functional groups attached to an aromatic ring is 1. The van der Waals surface area contributed by atoms with Gasteiger partial charge in [0.05, 0.1) is 17.8 Å². The Morgan fingerprint density at radius 3 is 2.77 bits per heavy atom. The molecule has 0 bridgehead atoms. The molecule has 22 heavy (non-hydrogen) atoms. The van der Waals surface area contributed by atoms with Crippen molar-refractivity contribution in [1.29, 1.82) is 0 Å². The van der Waals surface area contributed by atoms with Crippen LogP contribution in [0.15, 0.2) is 59.3 Å². The van der Waals surface area contributed by atoms with Crippen LogP contribution in [-0.4, -0.2) is 15.9 Å². The highest BCUT2D eigenvalue weighted by atomic mass is 16.3. The third-order valence-electron chi connectivity index (χ3n) is 3.08. The molecule has 0 atom stereocenters. The molecule has 6 nitrogen and oxygen atoms in total. The number of oxazole rings is 1. The zero-order valence-corrected chi connectivity index (χ0v) is 11.7. The number of nitrogens with one attached hydrogen (secondary N) is 1. The Morgan fingerprint density at radius 2 is 2.00 bits per heavy atom. The highest BCUT2D eigenvalue weighted by molar-refractivity contribution is 5.92. The standard InChI is InChI=1S/C16H14N4O2/c17-13-7-2-1-6-12(13)16-20-14(10-22-16)15(21)19-9-11-5-3-4-8-18-11/h1-8,10H,9,17H2,(H,19,21). The first kappa shape index (κ1) is 13.8. The number of benzene rings is 1. The maximum Gasteiger partial charge on any atom is 0.273 e. The van der Waals surface area contributed by atoms with E-state index >= 15 is 0 Å². The van der Waals surface area contributed by atoms with Gasteiger partial charge in [-0.05, 0) is 24.3 Å². The van der Waals surface area contributed by atoms with E-state index in [-0.39, 0.29) is 11.6 Å². The zero-order chi connectivity index (χ0) is 15.4. The first-order chi connectivity index (χ1) is 10.7. The number of carbonyl (C=O) groups excluding carboxylic acids is 1. The minimum Gasteiger partial charge on any atom is -0.444 e. The molecule has 0 aliphatic carbocycles. The molecule has 1 aromatic carbocycles. The second kappa shape index (κ2) is 6.09. The Labute approximate surface area is 127 Å². The first-order valence-corrected chi connectivity index (χ1v) is 6.72. The Balaban J connectivity index is 1.71. The summed E-state index contributed by atoms with van der Waals surface area (Å²) in [5, 5.41) is 2.74. The summed E-state index contributed by atoms with van der Waals surface area (Å²) in [4.78, 5) is 20.4. The fourth-order valence-electron chi connectivity index (χ4n) is 1.96. The number of nitrogens with two attached hydrogens (primary N) is 1. The minimum absolute atomic E-state index is 0.203. The summed E-state index contributed by atoms with van der Waals surface area (Å²) in [5.41, 5.74) is 8.04. The van der Waals surface area contributed by atoms with Crippen molar-refractivity contribution in [3.8, 4) is 11.5 Å². The SMILES string of the molecule is Nc1ccccc1-c1nc(C(=O)NCc2ccccn2)co1. The van der Waals surface area contributed by atoms with E-state index in [4.69, 9.17) is 10.2 Å². The summed E-state index contributed by atoms with van der Waals surface area (Å²) in [5.74, 6) is -0.00348. The van der Waals surface area contributed by atoms with Crippen molar-refractivity contribution in [2.75, 3.05) is 5.73 Å². The van der Waals surface area contributed by atoms with Crippen LogP contribution in [0.3, 0.4) is 0 Å². The lowest BCUT2D eigenvalue weighted by Gasteiger charge is -2.01. The Kier molecular flexibility index (Phi) is 3.82. The van der Waals surface area contributed by atoms with E-state index in [0.29, 0.717) is 23.7 Å². The van der Waals surface area contributed by atoms with Gasteiger partial charge in [0.1, 0.15) is 6.26 Å². The van der Waals surface area contributed by atoms with Crippen molar-refractivity contribution in [2.45, 2.75) is 6.54 Å². The van der Waals surface area contributed by atoms with Gasteiger partial charge in [-0.1, -0.05) is 18.2 Å². The van der Waals surface area contributed by atoms with Crippen molar-refractivity contribution < 1.29 is 9.21 Å². The van der Waals surface area contributed by atoms with Crippen LogP contribution in [0.1, 0.15) is 16.2 Å². The largest absolute Gasteiger partial charge is 0.444 e. The first-order valence-electron chi connectivity index (χ1n) is 6.72. The Hall–Kier alpha value is -3.15. The number of hydrogen-bond donors (Lipinski definition) is 2. The number of pyridine rings is 1. The number of nitrogens with zero attached hydrogens (tertiary/aromatic N) is 2. The van der Waals surface area contributed by atoms with E-state index in [1.54, 1.807) is 18.3 Å². The molecule has 110 valence electrons. The van der Waals surface area contributed by atoms with Crippen molar-refractivity contribution in [3.05, 3.63) is 66.3 Å². The van der Waals surface area contributed by atoms with Gasteiger partial charge in [-0.15, -0.1) is 0 Å². The van der Waals surface area contributed by atoms with Crippen molar-refractivity contribution in [1.82, 2.24) is 15.3 Å². The number of hydrogen-bond acceptors (Lipinski definition) is 5. The fourth-order valence-corrected chi connectivity index (χ4v) is 1.96. The quantitative estimate of drug-likeness (QED) is 0.720. The average molecular weight is 294 g/mol. The summed E-state index contributed by atoms with van der Waals surface area (Å²) in [6.45, 7) is 0.329. The molecule has 0 aliphatic heterocycles. The monoisotopic (exact) mass is 294 g/mol. The predicted molar refractivity (Wildman–Crippen MR) is 81.8 cm³/mol. The van der Waals surface area contributed by atoms with Gasteiger partial charge in [0.2, 0.25) is 5.89 Å². The zero-order valence-electron chi connectivity index (χ0n) is 11.7. The van der Waals surface area contributed by atoms with Crippen molar-refractivity contribution >= 4 is 11.6 Å². The van der Waals surface area contributed by atoms with Crippen molar-refractivity contribution in [3.63, 3.8) is 0 Å². The van der Waals surface area contributed by atoms with Gasteiger partial charge in [0.15, 0.2) is 5.69 Å². The molecule has 3 aromatic rings. The second-order valence-corrected chi connectivity index (χ2v) is 4.63. The summed E-state index contributed by atoms with van der Waals surface area (Å²) in [7, 11) is 0.